The van der Waals surface area contributed by atoms with E-state index in [2.05, 4.69) is 6.92 Å². The van der Waals surface area contributed by atoms with Crippen molar-refractivity contribution in [2.75, 3.05) is 6.61 Å². The Labute approximate surface area is 128 Å². The van der Waals surface area contributed by atoms with Crippen LogP contribution < -0.4 is 10.5 Å². The van der Waals surface area contributed by atoms with Crippen LogP contribution in [0.4, 0.5) is 0 Å². The second kappa shape index (κ2) is 6.81. The summed E-state index contributed by atoms with van der Waals surface area (Å²) in [7, 11) is 0. The number of aromatic nitrogens is 1. The molecule has 0 amide bonds. The Bertz CT molecular complexity index is 608. The maximum absolute atomic E-state index is 5.80. The second-order valence-electron chi connectivity index (χ2n) is 4.34. The van der Waals surface area contributed by atoms with Crippen LogP contribution in [0, 0.1) is 0 Å². The van der Waals surface area contributed by atoms with Crippen molar-refractivity contribution in [1.82, 2.24) is 4.98 Å². The number of hydrogen-bond acceptors (Lipinski definition) is 4. The van der Waals surface area contributed by atoms with E-state index >= 15 is 0 Å². The van der Waals surface area contributed by atoms with Gasteiger partial charge in [0.1, 0.15) is 15.7 Å². The van der Waals surface area contributed by atoms with Gasteiger partial charge in [0.15, 0.2) is 0 Å². The quantitative estimate of drug-likeness (QED) is 0.825. The number of thiocarbonyl (C=S) groups is 1. The average Bonchev–Trinajstić information content (AvgIpc) is 2.84. The topological polar surface area (TPSA) is 48.1 Å². The maximum atomic E-state index is 5.80. The Hall–Kier alpha value is -1.46. The minimum atomic E-state index is 0.422. The van der Waals surface area contributed by atoms with Gasteiger partial charge in [-0.15, -0.1) is 11.3 Å². The summed E-state index contributed by atoms with van der Waals surface area (Å²) in [5, 5.41) is 0.917. The Morgan fingerprint density at radius 1 is 1.35 bits per heavy atom. The molecule has 2 aromatic rings. The summed E-state index contributed by atoms with van der Waals surface area (Å²) in [6, 6.07) is 7.92. The normalized spacial score (nSPS) is 10.5. The van der Waals surface area contributed by atoms with Gasteiger partial charge in [-0.05, 0) is 25.5 Å². The van der Waals surface area contributed by atoms with Crippen LogP contribution >= 0.6 is 23.6 Å². The zero-order chi connectivity index (χ0) is 14.5. The molecule has 1 heterocycles. The first-order valence-corrected chi connectivity index (χ1v) is 7.91. The van der Waals surface area contributed by atoms with E-state index in [4.69, 9.17) is 27.7 Å². The van der Waals surface area contributed by atoms with Gasteiger partial charge in [0.25, 0.3) is 0 Å². The van der Waals surface area contributed by atoms with Gasteiger partial charge in [0.2, 0.25) is 0 Å². The predicted molar refractivity (Wildman–Crippen MR) is 88.6 cm³/mol. The molecule has 20 heavy (non-hydrogen) atoms. The number of rotatable bonds is 6. The highest BCUT2D eigenvalue weighted by Crippen LogP contribution is 2.34. The minimum absolute atomic E-state index is 0.422. The van der Waals surface area contributed by atoms with E-state index < -0.39 is 0 Å². The molecule has 0 aliphatic heterocycles. The van der Waals surface area contributed by atoms with E-state index in [1.807, 2.05) is 31.2 Å². The number of hydrogen-bond donors (Lipinski definition) is 1. The first-order valence-electron chi connectivity index (χ1n) is 6.69. The van der Waals surface area contributed by atoms with E-state index in [9.17, 15) is 0 Å². The molecule has 5 heteroatoms. The standard InChI is InChI=1S/C15H18N2OS2/c1-3-7-11-13(14(16)19)20-15(17-11)10-8-5-6-9-12(10)18-4-2/h5-6,8-9H,3-4,7H2,1-2H3,(H2,16,19). The van der Waals surface area contributed by atoms with Crippen LogP contribution in [0.1, 0.15) is 30.8 Å². The summed E-state index contributed by atoms with van der Waals surface area (Å²) in [4.78, 5) is 6.05. The summed E-state index contributed by atoms with van der Waals surface area (Å²) in [6.07, 6.45) is 1.91. The van der Waals surface area contributed by atoms with Crippen LogP contribution in [0.5, 0.6) is 5.75 Å². The van der Waals surface area contributed by atoms with Crippen LogP contribution in [0.25, 0.3) is 10.6 Å². The molecule has 0 fully saturated rings. The van der Waals surface area contributed by atoms with Crippen molar-refractivity contribution >= 4 is 28.5 Å². The molecule has 0 aliphatic carbocycles. The molecule has 106 valence electrons. The molecule has 2 rings (SSSR count). The monoisotopic (exact) mass is 306 g/mol. The third-order valence-corrected chi connectivity index (χ3v) is 4.32. The highest BCUT2D eigenvalue weighted by molar-refractivity contribution is 7.81. The van der Waals surface area contributed by atoms with E-state index in [0.717, 1.165) is 39.7 Å². The number of aryl methyl sites for hydroxylation is 1. The molecule has 0 spiro atoms. The number of nitrogens with zero attached hydrogens (tertiary/aromatic N) is 1. The minimum Gasteiger partial charge on any atom is -0.493 e. The van der Waals surface area contributed by atoms with Gasteiger partial charge < -0.3 is 10.5 Å². The third kappa shape index (κ3) is 3.16. The molecule has 1 aromatic carbocycles. The van der Waals surface area contributed by atoms with Gasteiger partial charge in [-0.2, -0.15) is 0 Å². The lowest BCUT2D eigenvalue weighted by Crippen LogP contribution is -2.09. The van der Waals surface area contributed by atoms with Crippen LogP contribution in [0.3, 0.4) is 0 Å². The zero-order valence-corrected chi connectivity index (χ0v) is 13.3. The summed E-state index contributed by atoms with van der Waals surface area (Å²) < 4.78 is 5.66. The molecule has 2 N–H and O–H groups in total. The molecular formula is C15H18N2OS2. The molecule has 3 nitrogen and oxygen atoms in total. The Morgan fingerprint density at radius 3 is 2.75 bits per heavy atom. The number of benzene rings is 1. The molecular weight excluding hydrogens is 288 g/mol. The zero-order valence-electron chi connectivity index (χ0n) is 11.7. The largest absolute Gasteiger partial charge is 0.493 e. The smallest absolute Gasteiger partial charge is 0.129 e. The highest BCUT2D eigenvalue weighted by Gasteiger charge is 2.16. The van der Waals surface area contributed by atoms with Crippen molar-refractivity contribution in [2.45, 2.75) is 26.7 Å². The lowest BCUT2D eigenvalue weighted by atomic mass is 10.2. The van der Waals surface area contributed by atoms with Crippen molar-refractivity contribution < 1.29 is 4.74 Å². The van der Waals surface area contributed by atoms with E-state index in [1.54, 1.807) is 11.3 Å². The summed E-state index contributed by atoms with van der Waals surface area (Å²) in [5.41, 5.74) is 7.79. The highest BCUT2D eigenvalue weighted by atomic mass is 32.1. The van der Waals surface area contributed by atoms with Crippen molar-refractivity contribution in [2.24, 2.45) is 5.73 Å². The van der Waals surface area contributed by atoms with E-state index in [0.29, 0.717) is 11.6 Å². The first kappa shape index (κ1) is 14.9. The number of nitrogens with two attached hydrogens (primary N) is 1. The van der Waals surface area contributed by atoms with Crippen molar-refractivity contribution in [3.05, 3.63) is 34.8 Å². The maximum Gasteiger partial charge on any atom is 0.129 e. The molecule has 0 aliphatic rings. The van der Waals surface area contributed by atoms with Crippen molar-refractivity contribution in [1.29, 1.82) is 0 Å². The predicted octanol–water partition coefficient (Wildman–Crippen LogP) is 3.80. The van der Waals surface area contributed by atoms with Crippen molar-refractivity contribution in [3.63, 3.8) is 0 Å². The molecule has 1 aromatic heterocycles. The Balaban J connectivity index is 2.47. The fourth-order valence-electron chi connectivity index (χ4n) is 1.99. The van der Waals surface area contributed by atoms with Crippen molar-refractivity contribution in [3.8, 4) is 16.3 Å². The fourth-order valence-corrected chi connectivity index (χ4v) is 3.23. The molecule has 0 unspecified atom stereocenters. The Kier molecular flexibility index (Phi) is 5.09. The van der Waals surface area contributed by atoms with Crippen LogP contribution in [0.2, 0.25) is 0 Å². The molecule has 0 saturated heterocycles. The summed E-state index contributed by atoms with van der Waals surface area (Å²) in [5.74, 6) is 0.848. The van der Waals surface area contributed by atoms with Crippen LogP contribution in [0.15, 0.2) is 24.3 Å². The van der Waals surface area contributed by atoms with Crippen LogP contribution in [-0.2, 0) is 6.42 Å². The SMILES string of the molecule is CCCc1nc(-c2ccccc2OCC)sc1C(N)=S. The first-order chi connectivity index (χ1) is 9.67. The molecule has 0 atom stereocenters. The Morgan fingerprint density at radius 2 is 2.10 bits per heavy atom. The van der Waals surface area contributed by atoms with Crippen LogP contribution in [-0.4, -0.2) is 16.6 Å². The van der Waals surface area contributed by atoms with Gasteiger partial charge in [-0.25, -0.2) is 4.98 Å². The van der Waals surface area contributed by atoms with Gasteiger partial charge in [0, 0.05) is 0 Å². The van der Waals surface area contributed by atoms with E-state index in [-0.39, 0.29) is 0 Å². The van der Waals surface area contributed by atoms with E-state index in [1.165, 1.54) is 0 Å². The fraction of sp³-hybridized carbons (Fsp3) is 0.333. The number of ether oxygens (including phenoxy) is 1. The molecule has 0 radical (unpaired) electrons. The average molecular weight is 306 g/mol. The summed E-state index contributed by atoms with van der Waals surface area (Å²) >= 11 is 6.67. The second-order valence-corrected chi connectivity index (χ2v) is 5.78. The molecule has 0 bridgehead atoms. The molecule has 0 saturated carbocycles. The summed E-state index contributed by atoms with van der Waals surface area (Å²) in [6.45, 7) is 4.73. The van der Waals surface area contributed by atoms with Gasteiger partial charge in [-0.1, -0.05) is 37.7 Å². The van der Waals surface area contributed by atoms with Gasteiger partial charge in [0.05, 0.1) is 22.7 Å². The lowest BCUT2D eigenvalue weighted by molar-refractivity contribution is 0.341. The number of thiazole rings is 1. The third-order valence-electron chi connectivity index (χ3n) is 2.83. The van der Waals surface area contributed by atoms with Gasteiger partial charge >= 0.3 is 0 Å². The lowest BCUT2D eigenvalue weighted by Gasteiger charge is -2.07. The number of para-hydroxylation sites is 1. The van der Waals surface area contributed by atoms with Gasteiger partial charge in [-0.3, -0.25) is 0 Å².